The summed E-state index contributed by atoms with van der Waals surface area (Å²) >= 11 is 0. The molecule has 0 saturated heterocycles. The molecule has 0 heterocycles. The van der Waals surface area contributed by atoms with Crippen LogP contribution in [0.3, 0.4) is 0 Å². The summed E-state index contributed by atoms with van der Waals surface area (Å²) in [5.41, 5.74) is 2.28. The van der Waals surface area contributed by atoms with E-state index in [-0.39, 0.29) is 29.6 Å². The van der Waals surface area contributed by atoms with E-state index >= 15 is 0 Å². The lowest BCUT2D eigenvalue weighted by atomic mass is 9.84. The fourth-order valence-electron chi connectivity index (χ4n) is 3.45. The van der Waals surface area contributed by atoms with Gasteiger partial charge in [0, 0.05) is 23.6 Å². The summed E-state index contributed by atoms with van der Waals surface area (Å²) in [4.78, 5) is 34.9. The number of carbonyl (C=O) groups excluding carboxylic acids is 2. The molecule has 0 bridgehead atoms. The van der Waals surface area contributed by atoms with Crippen molar-refractivity contribution in [2.24, 2.45) is 5.92 Å². The summed E-state index contributed by atoms with van der Waals surface area (Å²) in [5, 5.41) is 10.7. The van der Waals surface area contributed by atoms with E-state index in [1.807, 2.05) is 0 Å². The van der Waals surface area contributed by atoms with Gasteiger partial charge in [-0.2, -0.15) is 0 Å². The van der Waals surface area contributed by atoms with Crippen LogP contribution in [0.2, 0.25) is 0 Å². The fourth-order valence-corrected chi connectivity index (χ4v) is 3.45. The topological polar surface area (TPSA) is 77.3 Å². The van der Waals surface area contributed by atoms with Gasteiger partial charge in [-0.15, -0.1) is 0 Å². The SMILES string of the molecule is O=C(CC(=O)C1CCCCC1)c1ccc(-c2ccc([N+](=O)[O-])cc2)cc1. The smallest absolute Gasteiger partial charge is 0.269 e. The highest BCUT2D eigenvalue weighted by Crippen LogP contribution is 2.26. The van der Waals surface area contributed by atoms with Gasteiger partial charge < -0.3 is 0 Å². The molecule has 0 spiro atoms. The Morgan fingerprint density at radius 1 is 0.885 bits per heavy atom. The molecule has 3 rings (SSSR count). The molecule has 2 aromatic rings. The highest BCUT2D eigenvalue weighted by Gasteiger charge is 2.23. The quantitative estimate of drug-likeness (QED) is 0.318. The van der Waals surface area contributed by atoms with Gasteiger partial charge in [-0.3, -0.25) is 19.7 Å². The Bertz CT molecular complexity index is 803. The molecule has 0 aliphatic heterocycles. The third-order valence-electron chi connectivity index (χ3n) is 5.01. The predicted molar refractivity (Wildman–Crippen MR) is 99.1 cm³/mol. The number of benzene rings is 2. The first-order valence-electron chi connectivity index (χ1n) is 8.95. The minimum absolute atomic E-state index is 0.0262. The Labute approximate surface area is 152 Å². The van der Waals surface area contributed by atoms with Crippen LogP contribution < -0.4 is 0 Å². The minimum Gasteiger partial charge on any atom is -0.299 e. The summed E-state index contributed by atoms with van der Waals surface area (Å²) < 4.78 is 0. The maximum atomic E-state index is 12.4. The number of hydrogen-bond acceptors (Lipinski definition) is 4. The van der Waals surface area contributed by atoms with E-state index in [1.165, 1.54) is 18.6 Å². The Morgan fingerprint density at radius 3 is 1.96 bits per heavy atom. The van der Waals surface area contributed by atoms with Crippen LogP contribution in [-0.4, -0.2) is 16.5 Å². The Morgan fingerprint density at radius 2 is 1.42 bits per heavy atom. The molecule has 5 nitrogen and oxygen atoms in total. The summed E-state index contributed by atoms with van der Waals surface area (Å²) in [5.74, 6) is -0.0305. The lowest BCUT2D eigenvalue weighted by molar-refractivity contribution is -0.384. The number of ketones is 2. The van der Waals surface area contributed by atoms with Crippen LogP contribution in [0.15, 0.2) is 48.5 Å². The van der Waals surface area contributed by atoms with Gasteiger partial charge in [0.2, 0.25) is 0 Å². The third-order valence-corrected chi connectivity index (χ3v) is 5.01. The maximum absolute atomic E-state index is 12.4. The number of non-ortho nitro benzene ring substituents is 1. The molecule has 2 aromatic carbocycles. The molecule has 0 aromatic heterocycles. The van der Waals surface area contributed by atoms with Gasteiger partial charge >= 0.3 is 0 Å². The molecule has 134 valence electrons. The molecule has 1 fully saturated rings. The number of nitro benzene ring substituents is 1. The van der Waals surface area contributed by atoms with Crippen molar-refractivity contribution in [1.82, 2.24) is 0 Å². The van der Waals surface area contributed by atoms with Crippen molar-refractivity contribution in [2.45, 2.75) is 38.5 Å². The number of nitro groups is 1. The van der Waals surface area contributed by atoms with E-state index in [9.17, 15) is 19.7 Å². The van der Waals surface area contributed by atoms with Crippen molar-refractivity contribution in [1.29, 1.82) is 0 Å². The molecule has 0 atom stereocenters. The summed E-state index contributed by atoms with van der Waals surface area (Å²) in [6, 6.07) is 13.3. The second-order valence-electron chi connectivity index (χ2n) is 6.78. The zero-order valence-electron chi connectivity index (χ0n) is 14.5. The summed E-state index contributed by atoms with van der Waals surface area (Å²) in [7, 11) is 0. The predicted octanol–water partition coefficient (Wildman–Crippen LogP) is 4.98. The van der Waals surface area contributed by atoms with Gasteiger partial charge in [0.25, 0.3) is 5.69 Å². The number of nitrogens with zero attached hydrogens (tertiary/aromatic N) is 1. The monoisotopic (exact) mass is 351 g/mol. The van der Waals surface area contributed by atoms with Crippen LogP contribution in [0, 0.1) is 16.0 Å². The Hall–Kier alpha value is -2.82. The van der Waals surface area contributed by atoms with E-state index < -0.39 is 4.92 Å². The highest BCUT2D eigenvalue weighted by atomic mass is 16.6. The van der Waals surface area contributed by atoms with E-state index in [1.54, 1.807) is 36.4 Å². The van der Waals surface area contributed by atoms with Crippen molar-refractivity contribution in [3.05, 3.63) is 64.2 Å². The molecule has 0 amide bonds. The average Bonchev–Trinajstić information content (AvgIpc) is 2.69. The average molecular weight is 351 g/mol. The van der Waals surface area contributed by atoms with Crippen molar-refractivity contribution in [3.63, 3.8) is 0 Å². The number of rotatable bonds is 6. The molecule has 0 unspecified atom stereocenters. The summed E-state index contributed by atoms with van der Waals surface area (Å²) in [6.45, 7) is 0. The van der Waals surface area contributed by atoms with E-state index in [4.69, 9.17) is 0 Å². The molecular weight excluding hydrogens is 330 g/mol. The van der Waals surface area contributed by atoms with Crippen LogP contribution in [0.5, 0.6) is 0 Å². The van der Waals surface area contributed by atoms with E-state index in [0.29, 0.717) is 5.56 Å². The van der Waals surface area contributed by atoms with Crippen molar-refractivity contribution < 1.29 is 14.5 Å². The highest BCUT2D eigenvalue weighted by molar-refractivity contribution is 6.08. The molecule has 0 radical (unpaired) electrons. The second kappa shape index (κ2) is 8.04. The van der Waals surface area contributed by atoms with Gasteiger partial charge in [0.05, 0.1) is 11.3 Å². The molecule has 1 aliphatic rings. The molecule has 26 heavy (non-hydrogen) atoms. The fraction of sp³-hybridized carbons (Fsp3) is 0.333. The number of hydrogen-bond donors (Lipinski definition) is 0. The normalized spacial score (nSPS) is 14.8. The zero-order chi connectivity index (χ0) is 18.5. The second-order valence-corrected chi connectivity index (χ2v) is 6.78. The van der Waals surface area contributed by atoms with Crippen LogP contribution in [0.25, 0.3) is 11.1 Å². The molecule has 1 aliphatic carbocycles. The zero-order valence-corrected chi connectivity index (χ0v) is 14.5. The lowest BCUT2D eigenvalue weighted by Crippen LogP contribution is -2.20. The molecule has 0 N–H and O–H groups in total. The van der Waals surface area contributed by atoms with E-state index in [0.717, 1.165) is 36.8 Å². The first kappa shape index (κ1) is 18.0. The van der Waals surface area contributed by atoms with Crippen molar-refractivity contribution in [3.8, 4) is 11.1 Å². The standard InChI is InChI=1S/C21H21NO4/c23-20(17-4-2-1-3-5-17)14-21(24)18-8-6-15(7-9-18)16-10-12-19(13-11-16)22(25)26/h6-13,17H,1-5,14H2. The van der Waals surface area contributed by atoms with Crippen molar-refractivity contribution >= 4 is 17.3 Å². The van der Waals surface area contributed by atoms with Gasteiger partial charge in [-0.1, -0.05) is 43.5 Å². The molecule has 5 heteroatoms. The van der Waals surface area contributed by atoms with Crippen LogP contribution in [0.4, 0.5) is 5.69 Å². The Balaban J connectivity index is 1.65. The summed E-state index contributed by atoms with van der Waals surface area (Å²) in [6.07, 6.45) is 5.13. The third kappa shape index (κ3) is 4.23. The largest absolute Gasteiger partial charge is 0.299 e. The van der Waals surface area contributed by atoms with Gasteiger partial charge in [-0.05, 0) is 36.1 Å². The first-order chi connectivity index (χ1) is 12.5. The first-order valence-corrected chi connectivity index (χ1v) is 8.95. The van der Waals surface area contributed by atoms with E-state index in [2.05, 4.69) is 0 Å². The van der Waals surface area contributed by atoms with Crippen molar-refractivity contribution in [2.75, 3.05) is 0 Å². The molecular formula is C21H21NO4. The Kier molecular flexibility index (Phi) is 5.56. The molecule has 1 saturated carbocycles. The van der Waals surface area contributed by atoms with Crippen LogP contribution in [-0.2, 0) is 4.79 Å². The lowest BCUT2D eigenvalue weighted by Gasteiger charge is -2.19. The van der Waals surface area contributed by atoms with Crippen LogP contribution >= 0.6 is 0 Å². The minimum atomic E-state index is -0.436. The number of carbonyl (C=O) groups is 2. The van der Waals surface area contributed by atoms with Gasteiger partial charge in [-0.25, -0.2) is 0 Å². The van der Waals surface area contributed by atoms with Crippen LogP contribution in [0.1, 0.15) is 48.9 Å². The van der Waals surface area contributed by atoms with Gasteiger partial charge in [0.15, 0.2) is 5.78 Å². The number of Topliss-reactive ketones (excluding diaryl/α,β-unsaturated/α-hetero) is 2. The van der Waals surface area contributed by atoms with Gasteiger partial charge in [0.1, 0.15) is 5.78 Å². The maximum Gasteiger partial charge on any atom is 0.269 e.